The number of hydrogen-bond acceptors (Lipinski definition) is 3. The van der Waals surface area contributed by atoms with Crippen molar-refractivity contribution in [2.75, 3.05) is 0 Å². The molecule has 0 atom stereocenters. The average molecular weight is 185 g/mol. The Morgan fingerprint density at radius 3 is 2.79 bits per heavy atom. The smallest absolute Gasteiger partial charge is 0.133 e. The van der Waals surface area contributed by atoms with Crippen molar-refractivity contribution >= 4 is 0 Å². The number of benzene rings is 1. The van der Waals surface area contributed by atoms with E-state index in [4.69, 9.17) is 9.68 Å². The van der Waals surface area contributed by atoms with Gasteiger partial charge in [0.25, 0.3) is 0 Å². The minimum atomic E-state index is -0.0113. The van der Waals surface area contributed by atoms with Crippen molar-refractivity contribution in [1.82, 2.24) is 0 Å². The van der Waals surface area contributed by atoms with Crippen molar-refractivity contribution in [1.29, 1.82) is 5.26 Å². The zero-order valence-electron chi connectivity index (χ0n) is 7.27. The third kappa shape index (κ3) is 1.34. The van der Waals surface area contributed by atoms with Crippen LogP contribution < -0.4 is 0 Å². The van der Waals surface area contributed by atoms with Crippen molar-refractivity contribution in [3.05, 3.63) is 42.2 Å². The summed E-state index contributed by atoms with van der Waals surface area (Å²) in [7, 11) is 0. The standard InChI is InChI=1S/C11H7NO2/c12-7-9-6-8(3-4-10(9)13)11-2-1-5-14-11/h1-6,13H. The fourth-order valence-corrected chi connectivity index (χ4v) is 1.22. The first-order valence-corrected chi connectivity index (χ1v) is 4.08. The number of rotatable bonds is 1. The Bertz CT molecular complexity index is 480. The maximum atomic E-state index is 9.28. The van der Waals surface area contributed by atoms with Crippen LogP contribution >= 0.6 is 0 Å². The number of phenolic OH excluding ortho intramolecular Hbond substituents is 1. The zero-order chi connectivity index (χ0) is 9.97. The molecule has 0 aliphatic rings. The molecule has 0 aliphatic heterocycles. The fourth-order valence-electron chi connectivity index (χ4n) is 1.22. The van der Waals surface area contributed by atoms with Crippen LogP contribution in [0.4, 0.5) is 0 Å². The van der Waals surface area contributed by atoms with E-state index < -0.39 is 0 Å². The lowest BCUT2D eigenvalue weighted by atomic mass is 10.1. The molecule has 1 aromatic carbocycles. The summed E-state index contributed by atoms with van der Waals surface area (Å²) >= 11 is 0. The summed E-state index contributed by atoms with van der Waals surface area (Å²) in [4.78, 5) is 0. The SMILES string of the molecule is N#Cc1cc(-c2ccco2)ccc1O. The van der Waals surface area contributed by atoms with E-state index in [2.05, 4.69) is 0 Å². The van der Waals surface area contributed by atoms with E-state index in [0.717, 1.165) is 5.56 Å². The van der Waals surface area contributed by atoms with Gasteiger partial charge in [0.1, 0.15) is 17.6 Å². The van der Waals surface area contributed by atoms with Crippen LogP contribution in [0.2, 0.25) is 0 Å². The lowest BCUT2D eigenvalue weighted by Gasteiger charge is -1.99. The second kappa shape index (κ2) is 3.27. The summed E-state index contributed by atoms with van der Waals surface area (Å²) in [5, 5.41) is 18.0. The summed E-state index contributed by atoms with van der Waals surface area (Å²) in [5.41, 5.74) is 1.03. The molecule has 68 valence electrons. The van der Waals surface area contributed by atoms with Crippen LogP contribution in [0.1, 0.15) is 5.56 Å². The van der Waals surface area contributed by atoms with Crippen molar-refractivity contribution < 1.29 is 9.52 Å². The number of hydrogen-bond donors (Lipinski definition) is 1. The lowest BCUT2D eigenvalue weighted by molar-refractivity contribution is 0.473. The largest absolute Gasteiger partial charge is 0.507 e. The average Bonchev–Trinajstić information content (AvgIpc) is 2.71. The van der Waals surface area contributed by atoms with Gasteiger partial charge in [-0.1, -0.05) is 0 Å². The Hall–Kier alpha value is -2.21. The second-order valence-corrected chi connectivity index (χ2v) is 2.82. The minimum absolute atomic E-state index is 0.0113. The Kier molecular flexibility index (Phi) is 1.96. The molecule has 3 heteroatoms. The lowest BCUT2D eigenvalue weighted by Crippen LogP contribution is -1.79. The predicted octanol–water partition coefficient (Wildman–Crippen LogP) is 2.52. The minimum Gasteiger partial charge on any atom is -0.507 e. The van der Waals surface area contributed by atoms with Crippen molar-refractivity contribution in [3.63, 3.8) is 0 Å². The van der Waals surface area contributed by atoms with Gasteiger partial charge < -0.3 is 9.52 Å². The molecule has 3 nitrogen and oxygen atoms in total. The molecule has 1 heterocycles. The molecule has 0 saturated heterocycles. The Morgan fingerprint density at radius 1 is 1.29 bits per heavy atom. The molecule has 0 amide bonds. The Balaban J connectivity index is 2.53. The van der Waals surface area contributed by atoms with Crippen LogP contribution in [0.15, 0.2) is 41.0 Å². The van der Waals surface area contributed by atoms with E-state index >= 15 is 0 Å². The molecule has 0 aliphatic carbocycles. The van der Waals surface area contributed by atoms with Gasteiger partial charge in [-0.25, -0.2) is 0 Å². The van der Waals surface area contributed by atoms with Gasteiger partial charge in [0.05, 0.1) is 11.8 Å². The van der Waals surface area contributed by atoms with E-state index in [9.17, 15) is 5.11 Å². The Labute approximate surface area is 80.8 Å². The highest BCUT2D eigenvalue weighted by Gasteiger charge is 2.04. The van der Waals surface area contributed by atoms with Gasteiger partial charge in [0.15, 0.2) is 0 Å². The highest BCUT2D eigenvalue weighted by molar-refractivity contribution is 5.62. The van der Waals surface area contributed by atoms with Crippen LogP contribution in [0.25, 0.3) is 11.3 Å². The molecule has 14 heavy (non-hydrogen) atoms. The van der Waals surface area contributed by atoms with Gasteiger partial charge in [-0.2, -0.15) is 5.26 Å². The van der Waals surface area contributed by atoms with E-state index in [1.807, 2.05) is 6.07 Å². The molecule has 1 aromatic heterocycles. The van der Waals surface area contributed by atoms with Gasteiger partial charge in [-0.05, 0) is 30.3 Å². The van der Waals surface area contributed by atoms with E-state index in [1.165, 1.54) is 6.07 Å². The van der Waals surface area contributed by atoms with Crippen molar-refractivity contribution in [2.24, 2.45) is 0 Å². The molecule has 0 saturated carbocycles. The van der Waals surface area contributed by atoms with E-state index in [1.54, 1.807) is 30.5 Å². The molecular formula is C11H7NO2. The summed E-state index contributed by atoms with van der Waals surface area (Å²) in [5.74, 6) is 0.671. The summed E-state index contributed by atoms with van der Waals surface area (Å²) in [6.45, 7) is 0. The number of nitriles is 1. The highest BCUT2D eigenvalue weighted by atomic mass is 16.3. The first-order valence-electron chi connectivity index (χ1n) is 4.08. The highest BCUT2D eigenvalue weighted by Crippen LogP contribution is 2.25. The van der Waals surface area contributed by atoms with Crippen LogP contribution in [-0.2, 0) is 0 Å². The number of aromatic hydroxyl groups is 1. The summed E-state index contributed by atoms with van der Waals surface area (Å²) in [6, 6.07) is 10.3. The van der Waals surface area contributed by atoms with Crippen LogP contribution in [0, 0.1) is 11.3 Å². The first-order chi connectivity index (χ1) is 6.81. The Morgan fingerprint density at radius 2 is 2.14 bits per heavy atom. The van der Waals surface area contributed by atoms with E-state index in [0.29, 0.717) is 5.76 Å². The second-order valence-electron chi connectivity index (χ2n) is 2.82. The molecule has 0 bridgehead atoms. The van der Waals surface area contributed by atoms with Crippen LogP contribution in [0.3, 0.4) is 0 Å². The van der Waals surface area contributed by atoms with Gasteiger partial charge in [-0.15, -0.1) is 0 Å². The van der Waals surface area contributed by atoms with E-state index in [-0.39, 0.29) is 11.3 Å². The fraction of sp³-hybridized carbons (Fsp3) is 0. The van der Waals surface area contributed by atoms with Crippen LogP contribution in [0.5, 0.6) is 5.75 Å². The maximum Gasteiger partial charge on any atom is 0.133 e. The third-order valence-electron chi connectivity index (χ3n) is 1.92. The number of furan rings is 1. The topological polar surface area (TPSA) is 57.2 Å². The molecule has 0 fully saturated rings. The number of nitrogens with zero attached hydrogens (tertiary/aromatic N) is 1. The normalized spacial score (nSPS) is 9.64. The van der Waals surface area contributed by atoms with Gasteiger partial charge in [0, 0.05) is 5.56 Å². The molecule has 0 spiro atoms. The molecular weight excluding hydrogens is 178 g/mol. The summed E-state index contributed by atoms with van der Waals surface area (Å²) < 4.78 is 5.17. The molecule has 1 N–H and O–H groups in total. The maximum absolute atomic E-state index is 9.28. The molecule has 0 radical (unpaired) electrons. The predicted molar refractivity (Wildman–Crippen MR) is 50.5 cm³/mol. The summed E-state index contributed by atoms with van der Waals surface area (Å²) in [6.07, 6.45) is 1.56. The molecule has 2 aromatic rings. The molecule has 2 rings (SSSR count). The first kappa shape index (κ1) is 8.39. The molecule has 0 unspecified atom stereocenters. The quantitative estimate of drug-likeness (QED) is 0.742. The van der Waals surface area contributed by atoms with Crippen molar-refractivity contribution in [2.45, 2.75) is 0 Å². The van der Waals surface area contributed by atoms with Crippen LogP contribution in [-0.4, -0.2) is 5.11 Å². The number of phenols is 1. The van der Waals surface area contributed by atoms with Gasteiger partial charge in [-0.3, -0.25) is 0 Å². The van der Waals surface area contributed by atoms with Gasteiger partial charge >= 0.3 is 0 Å². The van der Waals surface area contributed by atoms with Crippen molar-refractivity contribution in [3.8, 4) is 23.1 Å². The van der Waals surface area contributed by atoms with Gasteiger partial charge in [0.2, 0.25) is 0 Å². The monoisotopic (exact) mass is 185 g/mol. The zero-order valence-corrected chi connectivity index (χ0v) is 7.27. The third-order valence-corrected chi connectivity index (χ3v) is 1.92.